The molecular weight excluding hydrogens is 236 g/mol. The molecule has 2 nitrogen and oxygen atoms in total. The number of rotatable bonds is 3. The molecule has 0 aliphatic heterocycles. The van der Waals surface area contributed by atoms with E-state index in [-0.39, 0.29) is 12.1 Å². The third kappa shape index (κ3) is 2.59. The van der Waals surface area contributed by atoms with Crippen LogP contribution in [0.5, 0.6) is 0 Å². The maximum absolute atomic E-state index is 12.0. The van der Waals surface area contributed by atoms with Gasteiger partial charge in [-0.2, -0.15) is 0 Å². The highest BCUT2D eigenvalue weighted by Crippen LogP contribution is 2.60. The number of hydrogen-bond donors (Lipinski definition) is 0. The van der Waals surface area contributed by atoms with Gasteiger partial charge in [0.25, 0.3) is 0 Å². The molecule has 0 heterocycles. The van der Waals surface area contributed by atoms with E-state index >= 15 is 0 Å². The highest BCUT2D eigenvalue weighted by molar-refractivity contribution is 5.88. The zero-order valence-corrected chi connectivity index (χ0v) is 12.4. The molecule has 0 amide bonds. The summed E-state index contributed by atoms with van der Waals surface area (Å²) >= 11 is 0. The molecule has 0 radical (unpaired) electrons. The van der Waals surface area contributed by atoms with E-state index in [0.29, 0.717) is 5.41 Å². The summed E-state index contributed by atoms with van der Waals surface area (Å²) in [5.74, 6) is 2.66. The molecule has 0 aromatic rings. The van der Waals surface area contributed by atoms with Gasteiger partial charge in [0, 0.05) is 5.57 Å². The molecule has 0 unspecified atom stereocenters. The molecular formula is C17H26O2. The molecule has 4 aliphatic rings. The van der Waals surface area contributed by atoms with Gasteiger partial charge in [-0.15, -0.1) is 0 Å². The fourth-order valence-corrected chi connectivity index (χ4v) is 5.18. The van der Waals surface area contributed by atoms with Gasteiger partial charge in [-0.1, -0.05) is 6.08 Å². The van der Waals surface area contributed by atoms with Crippen molar-refractivity contribution in [1.29, 1.82) is 0 Å². The van der Waals surface area contributed by atoms with Crippen LogP contribution in [-0.4, -0.2) is 12.1 Å². The average Bonchev–Trinajstić information content (AvgIpc) is 2.24. The Balaban J connectivity index is 1.76. The topological polar surface area (TPSA) is 26.3 Å². The first-order valence-electron chi connectivity index (χ1n) is 7.86. The summed E-state index contributed by atoms with van der Waals surface area (Å²) in [5, 5.41) is 0. The average molecular weight is 262 g/mol. The molecule has 106 valence electrons. The molecule has 4 bridgehead atoms. The standard InChI is InChI=1S/C17H26O2/c1-11(2)19-16(18)12(3)7-17-8-13-4-14(9-17)6-15(5-13)10-17/h7,11,13-15H,4-6,8-10H2,1-3H3/b12-7+. The Bertz CT molecular complexity index is 370. The van der Waals surface area contributed by atoms with Crippen molar-refractivity contribution < 1.29 is 9.53 Å². The molecule has 4 fully saturated rings. The van der Waals surface area contributed by atoms with Crippen LogP contribution in [0.4, 0.5) is 0 Å². The van der Waals surface area contributed by atoms with Crippen LogP contribution >= 0.6 is 0 Å². The fourth-order valence-electron chi connectivity index (χ4n) is 5.18. The Labute approximate surface area is 116 Å². The molecule has 19 heavy (non-hydrogen) atoms. The van der Waals surface area contributed by atoms with Crippen LogP contribution in [0.3, 0.4) is 0 Å². The zero-order valence-electron chi connectivity index (χ0n) is 12.4. The zero-order chi connectivity index (χ0) is 13.6. The van der Waals surface area contributed by atoms with E-state index < -0.39 is 0 Å². The van der Waals surface area contributed by atoms with Gasteiger partial charge in [0.05, 0.1) is 6.10 Å². The van der Waals surface area contributed by atoms with Crippen molar-refractivity contribution in [2.24, 2.45) is 23.2 Å². The van der Waals surface area contributed by atoms with Crippen LogP contribution in [0, 0.1) is 23.2 Å². The van der Waals surface area contributed by atoms with Crippen molar-refractivity contribution in [1.82, 2.24) is 0 Å². The Morgan fingerprint density at radius 1 is 1.11 bits per heavy atom. The molecule has 4 rings (SSSR count). The smallest absolute Gasteiger partial charge is 0.333 e. The SMILES string of the molecule is C/C(=C\C12CC3CC(CC(C3)C1)C2)C(=O)OC(C)C. The minimum Gasteiger partial charge on any atom is -0.460 e. The van der Waals surface area contributed by atoms with Crippen LogP contribution in [0.25, 0.3) is 0 Å². The van der Waals surface area contributed by atoms with Gasteiger partial charge in [0.15, 0.2) is 0 Å². The lowest BCUT2D eigenvalue weighted by Gasteiger charge is -2.56. The fraction of sp³-hybridized carbons (Fsp3) is 0.824. The Morgan fingerprint density at radius 2 is 1.58 bits per heavy atom. The highest BCUT2D eigenvalue weighted by Gasteiger charge is 2.49. The van der Waals surface area contributed by atoms with Gasteiger partial charge < -0.3 is 4.74 Å². The van der Waals surface area contributed by atoms with Crippen molar-refractivity contribution >= 4 is 5.97 Å². The summed E-state index contributed by atoms with van der Waals surface area (Å²) in [5.41, 5.74) is 1.16. The molecule has 0 aromatic heterocycles. The summed E-state index contributed by atoms with van der Waals surface area (Å²) in [4.78, 5) is 12.0. The van der Waals surface area contributed by atoms with Crippen LogP contribution in [0.1, 0.15) is 59.3 Å². The first-order chi connectivity index (χ1) is 8.96. The molecule has 0 N–H and O–H groups in total. The van der Waals surface area contributed by atoms with Crippen LogP contribution < -0.4 is 0 Å². The quantitative estimate of drug-likeness (QED) is 0.565. The number of hydrogen-bond acceptors (Lipinski definition) is 2. The molecule has 0 aromatic carbocycles. The monoisotopic (exact) mass is 262 g/mol. The Kier molecular flexibility index (Phi) is 3.23. The summed E-state index contributed by atoms with van der Waals surface area (Å²) in [6.07, 6.45) is 10.5. The number of carbonyl (C=O) groups excluding carboxylic acids is 1. The first kappa shape index (κ1) is 13.2. The predicted molar refractivity (Wildman–Crippen MR) is 75.6 cm³/mol. The van der Waals surface area contributed by atoms with Gasteiger partial charge in [0.1, 0.15) is 0 Å². The highest BCUT2D eigenvalue weighted by atomic mass is 16.5. The number of carbonyl (C=O) groups is 1. The van der Waals surface area contributed by atoms with Crippen molar-refractivity contribution in [3.8, 4) is 0 Å². The number of esters is 1. The van der Waals surface area contributed by atoms with Crippen molar-refractivity contribution in [2.45, 2.75) is 65.4 Å². The number of ether oxygens (including phenoxy) is 1. The van der Waals surface area contributed by atoms with Gasteiger partial charge in [0.2, 0.25) is 0 Å². The second-order valence-corrected chi connectivity index (χ2v) is 7.56. The minimum absolute atomic E-state index is 0.0211. The van der Waals surface area contributed by atoms with E-state index in [1.807, 2.05) is 20.8 Å². The summed E-state index contributed by atoms with van der Waals surface area (Å²) < 4.78 is 5.32. The van der Waals surface area contributed by atoms with E-state index in [0.717, 1.165) is 23.3 Å². The lowest BCUT2D eigenvalue weighted by molar-refractivity contribution is -0.142. The van der Waals surface area contributed by atoms with E-state index in [9.17, 15) is 4.79 Å². The molecule has 4 saturated carbocycles. The Morgan fingerprint density at radius 3 is 2.00 bits per heavy atom. The molecule has 0 spiro atoms. The van der Waals surface area contributed by atoms with Crippen LogP contribution in [0.15, 0.2) is 11.6 Å². The van der Waals surface area contributed by atoms with E-state index in [4.69, 9.17) is 4.74 Å². The normalized spacial score (nSPS) is 40.8. The second kappa shape index (κ2) is 4.64. The van der Waals surface area contributed by atoms with E-state index in [2.05, 4.69) is 6.08 Å². The largest absolute Gasteiger partial charge is 0.460 e. The molecule has 0 saturated heterocycles. The second-order valence-electron chi connectivity index (χ2n) is 7.56. The summed E-state index contributed by atoms with van der Waals surface area (Å²) in [6, 6.07) is 0. The maximum Gasteiger partial charge on any atom is 0.333 e. The maximum atomic E-state index is 12.0. The predicted octanol–water partition coefficient (Wildman–Crippen LogP) is 4.10. The van der Waals surface area contributed by atoms with Gasteiger partial charge in [-0.05, 0) is 82.5 Å². The molecule has 2 heteroatoms. The third-order valence-electron chi connectivity index (χ3n) is 5.27. The summed E-state index contributed by atoms with van der Waals surface area (Å²) in [6.45, 7) is 5.76. The van der Waals surface area contributed by atoms with Crippen molar-refractivity contribution in [3.63, 3.8) is 0 Å². The lowest BCUT2D eigenvalue weighted by Crippen LogP contribution is -2.45. The van der Waals surface area contributed by atoms with Gasteiger partial charge in [-0.25, -0.2) is 4.79 Å². The van der Waals surface area contributed by atoms with Crippen molar-refractivity contribution in [2.75, 3.05) is 0 Å². The van der Waals surface area contributed by atoms with Crippen molar-refractivity contribution in [3.05, 3.63) is 11.6 Å². The van der Waals surface area contributed by atoms with E-state index in [1.165, 1.54) is 38.5 Å². The van der Waals surface area contributed by atoms with Gasteiger partial charge >= 0.3 is 5.97 Å². The van der Waals surface area contributed by atoms with Crippen LogP contribution in [-0.2, 0) is 9.53 Å². The lowest BCUT2D eigenvalue weighted by atomic mass is 9.49. The van der Waals surface area contributed by atoms with Gasteiger partial charge in [-0.3, -0.25) is 0 Å². The third-order valence-corrected chi connectivity index (χ3v) is 5.27. The summed E-state index contributed by atoms with van der Waals surface area (Å²) in [7, 11) is 0. The van der Waals surface area contributed by atoms with Crippen LogP contribution in [0.2, 0.25) is 0 Å². The molecule has 0 atom stereocenters. The number of allylic oxidation sites excluding steroid dienone is 1. The van der Waals surface area contributed by atoms with E-state index in [1.54, 1.807) is 0 Å². The first-order valence-corrected chi connectivity index (χ1v) is 7.86. The minimum atomic E-state index is -0.120. The molecule has 4 aliphatic carbocycles. The Hall–Kier alpha value is -0.790.